The van der Waals surface area contributed by atoms with Crippen LogP contribution in [0.4, 0.5) is 0 Å². The topological polar surface area (TPSA) is 65.3 Å². The molecule has 0 fully saturated rings. The molecular weight excluding hydrogens is 240 g/mol. The summed E-state index contributed by atoms with van der Waals surface area (Å²) in [7, 11) is 1.55. The molecular formula is C15H22N2O2. The van der Waals surface area contributed by atoms with Gasteiger partial charge in [0.1, 0.15) is 11.8 Å². The van der Waals surface area contributed by atoms with Crippen molar-refractivity contribution < 1.29 is 9.84 Å². The summed E-state index contributed by atoms with van der Waals surface area (Å²) in [4.78, 5) is 0. The zero-order valence-corrected chi connectivity index (χ0v) is 12.0. The van der Waals surface area contributed by atoms with Gasteiger partial charge in [0.15, 0.2) is 0 Å². The first-order chi connectivity index (χ1) is 8.90. The average Bonchev–Trinajstić information content (AvgIpc) is 2.38. The number of benzene rings is 1. The molecule has 0 aliphatic rings. The molecule has 19 heavy (non-hydrogen) atoms. The van der Waals surface area contributed by atoms with Gasteiger partial charge in [-0.3, -0.25) is 0 Å². The molecule has 4 nitrogen and oxygen atoms in total. The van der Waals surface area contributed by atoms with Crippen LogP contribution in [0.5, 0.6) is 5.75 Å². The van der Waals surface area contributed by atoms with Crippen LogP contribution in [0, 0.1) is 17.2 Å². The van der Waals surface area contributed by atoms with E-state index in [1.54, 1.807) is 19.2 Å². The summed E-state index contributed by atoms with van der Waals surface area (Å²) in [5, 5.41) is 22.3. The Labute approximate surface area is 115 Å². The fraction of sp³-hybridized carbons (Fsp3) is 0.533. The van der Waals surface area contributed by atoms with E-state index in [9.17, 15) is 5.11 Å². The number of ether oxygens (including phenoxy) is 1. The maximum absolute atomic E-state index is 10.1. The highest BCUT2D eigenvalue weighted by molar-refractivity contribution is 5.45. The number of hydrogen-bond donors (Lipinski definition) is 2. The molecule has 0 aromatic heterocycles. The smallest absolute Gasteiger partial charge is 0.136 e. The van der Waals surface area contributed by atoms with E-state index in [1.165, 1.54) is 0 Å². The Morgan fingerprint density at radius 2 is 2.16 bits per heavy atom. The summed E-state index contributed by atoms with van der Waals surface area (Å²) in [6, 6.07) is 7.61. The standard InChI is InChI=1S/C15H22N2O2/c1-11(2)15(3,18)10-17-9-12-5-6-14(19-4)13(7-12)8-16/h5-7,11,17-18H,9-10H2,1-4H3. The molecule has 0 bridgehead atoms. The highest BCUT2D eigenvalue weighted by Gasteiger charge is 2.23. The first kappa shape index (κ1) is 15.5. The number of nitriles is 1. The van der Waals surface area contributed by atoms with Crippen LogP contribution in [0.2, 0.25) is 0 Å². The van der Waals surface area contributed by atoms with Crippen molar-refractivity contribution in [3.8, 4) is 11.8 Å². The first-order valence-electron chi connectivity index (χ1n) is 6.41. The van der Waals surface area contributed by atoms with Crippen LogP contribution in [-0.2, 0) is 6.54 Å². The second-order valence-electron chi connectivity index (χ2n) is 5.26. The molecule has 0 amide bonds. The summed E-state index contributed by atoms with van der Waals surface area (Å²) >= 11 is 0. The van der Waals surface area contributed by atoms with Gasteiger partial charge in [0, 0.05) is 13.1 Å². The second-order valence-corrected chi connectivity index (χ2v) is 5.26. The van der Waals surface area contributed by atoms with Crippen molar-refractivity contribution in [1.29, 1.82) is 5.26 Å². The van der Waals surface area contributed by atoms with Gasteiger partial charge in [-0.1, -0.05) is 19.9 Å². The van der Waals surface area contributed by atoms with Gasteiger partial charge in [-0.25, -0.2) is 0 Å². The van der Waals surface area contributed by atoms with Gasteiger partial charge in [0.2, 0.25) is 0 Å². The van der Waals surface area contributed by atoms with Crippen LogP contribution in [0.1, 0.15) is 31.9 Å². The van der Waals surface area contributed by atoms with Gasteiger partial charge in [-0.05, 0) is 30.5 Å². The molecule has 4 heteroatoms. The van der Waals surface area contributed by atoms with Gasteiger partial charge >= 0.3 is 0 Å². The zero-order chi connectivity index (χ0) is 14.5. The lowest BCUT2D eigenvalue weighted by atomic mass is 9.92. The largest absolute Gasteiger partial charge is 0.495 e. The molecule has 1 unspecified atom stereocenters. The molecule has 1 aromatic rings. The number of nitrogens with one attached hydrogen (secondary N) is 1. The minimum Gasteiger partial charge on any atom is -0.495 e. The Morgan fingerprint density at radius 3 is 2.68 bits per heavy atom. The number of aliphatic hydroxyl groups is 1. The number of hydrogen-bond acceptors (Lipinski definition) is 4. The molecule has 0 spiro atoms. The Bertz CT molecular complexity index is 462. The Kier molecular flexibility index (Phi) is 5.34. The molecule has 0 saturated carbocycles. The van der Waals surface area contributed by atoms with E-state index < -0.39 is 5.60 Å². The lowest BCUT2D eigenvalue weighted by Crippen LogP contribution is -2.41. The molecule has 0 heterocycles. The van der Waals surface area contributed by atoms with Gasteiger partial charge < -0.3 is 15.2 Å². The van der Waals surface area contributed by atoms with Crippen molar-refractivity contribution in [2.75, 3.05) is 13.7 Å². The molecule has 2 N–H and O–H groups in total. The summed E-state index contributed by atoms with van der Waals surface area (Å²) < 4.78 is 5.10. The molecule has 1 aromatic carbocycles. The minimum absolute atomic E-state index is 0.186. The molecule has 0 saturated heterocycles. The zero-order valence-electron chi connectivity index (χ0n) is 12.0. The van der Waals surface area contributed by atoms with Crippen LogP contribution in [0.15, 0.2) is 18.2 Å². The van der Waals surface area contributed by atoms with Gasteiger partial charge in [0.25, 0.3) is 0 Å². The van der Waals surface area contributed by atoms with Crippen molar-refractivity contribution in [2.45, 2.75) is 32.9 Å². The monoisotopic (exact) mass is 262 g/mol. The first-order valence-corrected chi connectivity index (χ1v) is 6.41. The van der Waals surface area contributed by atoms with Gasteiger partial charge in [-0.2, -0.15) is 5.26 Å². The third kappa shape index (κ3) is 4.23. The summed E-state index contributed by atoms with van der Waals surface area (Å²) in [6.07, 6.45) is 0. The van der Waals surface area contributed by atoms with E-state index in [4.69, 9.17) is 10.00 Å². The maximum Gasteiger partial charge on any atom is 0.136 e. The number of rotatable bonds is 6. The van der Waals surface area contributed by atoms with E-state index >= 15 is 0 Å². The maximum atomic E-state index is 10.1. The van der Waals surface area contributed by atoms with Gasteiger partial charge in [0.05, 0.1) is 18.3 Å². The Morgan fingerprint density at radius 1 is 1.47 bits per heavy atom. The summed E-state index contributed by atoms with van der Waals surface area (Å²) in [5.41, 5.74) is 0.791. The minimum atomic E-state index is -0.732. The van der Waals surface area contributed by atoms with Gasteiger partial charge in [-0.15, -0.1) is 0 Å². The average molecular weight is 262 g/mol. The van der Waals surface area contributed by atoms with Crippen molar-refractivity contribution in [2.24, 2.45) is 5.92 Å². The SMILES string of the molecule is COc1ccc(CNCC(C)(O)C(C)C)cc1C#N. The van der Waals surface area contributed by atoms with E-state index in [0.717, 1.165) is 5.56 Å². The van der Waals surface area contributed by atoms with Crippen LogP contribution in [0.25, 0.3) is 0 Å². The third-order valence-electron chi connectivity index (χ3n) is 3.44. The second kappa shape index (κ2) is 6.55. The predicted octanol–water partition coefficient (Wildman–Crippen LogP) is 2.06. The molecule has 0 aliphatic heterocycles. The summed E-state index contributed by atoms with van der Waals surface area (Å²) in [5.74, 6) is 0.769. The van der Waals surface area contributed by atoms with E-state index in [2.05, 4.69) is 11.4 Å². The molecule has 0 radical (unpaired) electrons. The fourth-order valence-electron chi connectivity index (χ4n) is 1.62. The van der Waals surface area contributed by atoms with Crippen LogP contribution in [-0.4, -0.2) is 24.4 Å². The van der Waals surface area contributed by atoms with Crippen molar-refractivity contribution in [3.63, 3.8) is 0 Å². The lowest BCUT2D eigenvalue weighted by molar-refractivity contribution is 0.0140. The number of methoxy groups -OCH3 is 1. The van der Waals surface area contributed by atoms with E-state index in [-0.39, 0.29) is 5.92 Å². The third-order valence-corrected chi connectivity index (χ3v) is 3.44. The molecule has 1 atom stereocenters. The molecule has 0 aliphatic carbocycles. The van der Waals surface area contributed by atoms with Crippen LogP contribution < -0.4 is 10.1 Å². The predicted molar refractivity (Wildman–Crippen MR) is 74.9 cm³/mol. The van der Waals surface area contributed by atoms with Crippen molar-refractivity contribution in [1.82, 2.24) is 5.32 Å². The van der Waals surface area contributed by atoms with E-state index in [0.29, 0.717) is 24.4 Å². The highest BCUT2D eigenvalue weighted by atomic mass is 16.5. The fourth-order valence-corrected chi connectivity index (χ4v) is 1.62. The Hall–Kier alpha value is -1.57. The lowest BCUT2D eigenvalue weighted by Gasteiger charge is -2.28. The quantitative estimate of drug-likeness (QED) is 0.823. The van der Waals surface area contributed by atoms with Crippen LogP contribution >= 0.6 is 0 Å². The Balaban J connectivity index is 2.62. The van der Waals surface area contributed by atoms with Crippen molar-refractivity contribution in [3.05, 3.63) is 29.3 Å². The number of nitrogens with zero attached hydrogens (tertiary/aromatic N) is 1. The normalized spacial score (nSPS) is 13.9. The summed E-state index contributed by atoms with van der Waals surface area (Å²) in [6.45, 7) is 6.92. The van der Waals surface area contributed by atoms with Crippen LogP contribution in [0.3, 0.4) is 0 Å². The van der Waals surface area contributed by atoms with E-state index in [1.807, 2.05) is 26.8 Å². The molecule has 104 valence electrons. The highest BCUT2D eigenvalue weighted by Crippen LogP contribution is 2.19. The molecule has 1 rings (SSSR count). The van der Waals surface area contributed by atoms with Crippen molar-refractivity contribution >= 4 is 0 Å².